The van der Waals surface area contributed by atoms with E-state index in [0.717, 1.165) is 18.4 Å². The van der Waals surface area contributed by atoms with Crippen molar-refractivity contribution in [2.75, 3.05) is 6.54 Å². The molecular weight excluding hydrogens is 198 g/mol. The number of nitrogens with two attached hydrogens (primary N) is 1. The summed E-state index contributed by atoms with van der Waals surface area (Å²) < 4.78 is 0. The summed E-state index contributed by atoms with van der Waals surface area (Å²) in [5, 5.41) is 0. The molecule has 0 amide bonds. The van der Waals surface area contributed by atoms with Crippen molar-refractivity contribution in [2.24, 2.45) is 22.6 Å². The molecule has 92 valence electrons. The molecule has 0 aromatic heterocycles. The van der Waals surface area contributed by atoms with E-state index in [0.29, 0.717) is 12.0 Å². The van der Waals surface area contributed by atoms with Crippen LogP contribution in [0.15, 0.2) is 4.99 Å². The van der Waals surface area contributed by atoms with Gasteiger partial charge < -0.3 is 10.6 Å². The summed E-state index contributed by atoms with van der Waals surface area (Å²) >= 11 is 0. The van der Waals surface area contributed by atoms with Crippen molar-refractivity contribution in [2.45, 2.75) is 58.5 Å². The zero-order valence-corrected chi connectivity index (χ0v) is 11.0. The highest BCUT2D eigenvalue weighted by atomic mass is 15.4. The maximum absolute atomic E-state index is 6.07. The maximum atomic E-state index is 6.07. The van der Waals surface area contributed by atoms with Crippen molar-refractivity contribution >= 4 is 5.96 Å². The molecule has 2 aliphatic rings. The third-order valence-electron chi connectivity index (χ3n) is 4.47. The third kappa shape index (κ3) is 1.61. The van der Waals surface area contributed by atoms with Crippen LogP contribution in [0.4, 0.5) is 0 Å². The molecule has 1 spiro atoms. The van der Waals surface area contributed by atoms with Gasteiger partial charge in [-0.15, -0.1) is 0 Å². The zero-order valence-electron chi connectivity index (χ0n) is 11.0. The topological polar surface area (TPSA) is 41.6 Å². The van der Waals surface area contributed by atoms with Gasteiger partial charge in [-0.3, -0.25) is 4.99 Å². The molecule has 3 atom stereocenters. The summed E-state index contributed by atoms with van der Waals surface area (Å²) in [6.45, 7) is 10.1. The molecule has 0 bridgehead atoms. The van der Waals surface area contributed by atoms with E-state index < -0.39 is 0 Å². The minimum absolute atomic E-state index is 0.218. The van der Waals surface area contributed by atoms with Crippen LogP contribution in [0.5, 0.6) is 0 Å². The fourth-order valence-corrected chi connectivity index (χ4v) is 3.64. The molecule has 1 heterocycles. The van der Waals surface area contributed by atoms with E-state index in [9.17, 15) is 0 Å². The predicted molar refractivity (Wildman–Crippen MR) is 68.4 cm³/mol. The van der Waals surface area contributed by atoms with Crippen molar-refractivity contribution in [3.63, 3.8) is 0 Å². The average Bonchev–Trinajstić information content (AvgIpc) is 2.51. The van der Waals surface area contributed by atoms with Crippen LogP contribution >= 0.6 is 0 Å². The minimum atomic E-state index is 0.218. The highest BCUT2D eigenvalue weighted by Crippen LogP contribution is 2.44. The fraction of sp³-hybridized carbons (Fsp3) is 0.923. The van der Waals surface area contributed by atoms with Gasteiger partial charge >= 0.3 is 0 Å². The van der Waals surface area contributed by atoms with E-state index in [2.05, 4.69) is 37.6 Å². The highest BCUT2D eigenvalue weighted by Gasteiger charge is 2.49. The van der Waals surface area contributed by atoms with Gasteiger partial charge in [-0.1, -0.05) is 20.3 Å². The molecule has 1 aliphatic carbocycles. The summed E-state index contributed by atoms with van der Waals surface area (Å²) in [5.41, 5.74) is 6.29. The molecule has 0 radical (unpaired) electrons. The molecule has 3 nitrogen and oxygen atoms in total. The summed E-state index contributed by atoms with van der Waals surface area (Å²) in [6, 6.07) is 0.457. The number of guanidine groups is 1. The first-order valence-corrected chi connectivity index (χ1v) is 6.56. The second kappa shape index (κ2) is 3.94. The SMILES string of the molecule is CC1CCC(C)C2(CN=C(N)N2C(C)C)C1. The van der Waals surface area contributed by atoms with Gasteiger partial charge in [0.15, 0.2) is 5.96 Å². The lowest BCUT2D eigenvalue weighted by atomic mass is 9.69. The van der Waals surface area contributed by atoms with E-state index in [1.165, 1.54) is 19.3 Å². The van der Waals surface area contributed by atoms with Gasteiger partial charge in [-0.05, 0) is 38.5 Å². The second-order valence-corrected chi connectivity index (χ2v) is 6.03. The number of rotatable bonds is 1. The Bertz CT molecular complexity index is 298. The molecule has 2 rings (SSSR count). The molecule has 2 N–H and O–H groups in total. The number of aliphatic imine (C=N–C) groups is 1. The van der Waals surface area contributed by atoms with E-state index in [1.54, 1.807) is 0 Å². The normalized spacial score (nSPS) is 39.6. The Morgan fingerprint density at radius 3 is 2.69 bits per heavy atom. The second-order valence-electron chi connectivity index (χ2n) is 6.03. The van der Waals surface area contributed by atoms with Crippen LogP contribution in [-0.4, -0.2) is 29.0 Å². The smallest absolute Gasteiger partial charge is 0.192 e. The molecule has 0 saturated heterocycles. The van der Waals surface area contributed by atoms with Crippen LogP contribution in [-0.2, 0) is 0 Å². The Morgan fingerprint density at radius 2 is 2.06 bits per heavy atom. The van der Waals surface area contributed by atoms with Crippen LogP contribution in [0.2, 0.25) is 0 Å². The monoisotopic (exact) mass is 223 g/mol. The maximum Gasteiger partial charge on any atom is 0.192 e. The van der Waals surface area contributed by atoms with Gasteiger partial charge in [-0.25, -0.2) is 0 Å². The summed E-state index contributed by atoms with van der Waals surface area (Å²) in [4.78, 5) is 6.90. The first-order chi connectivity index (χ1) is 7.47. The van der Waals surface area contributed by atoms with E-state index in [-0.39, 0.29) is 5.54 Å². The molecular formula is C13H25N3. The first kappa shape index (κ1) is 11.7. The molecule has 1 saturated carbocycles. The first-order valence-electron chi connectivity index (χ1n) is 6.56. The van der Waals surface area contributed by atoms with Crippen LogP contribution in [0.25, 0.3) is 0 Å². The Hall–Kier alpha value is -0.730. The lowest BCUT2D eigenvalue weighted by Gasteiger charge is -2.50. The van der Waals surface area contributed by atoms with Crippen LogP contribution in [0.1, 0.15) is 47.0 Å². The van der Waals surface area contributed by atoms with E-state index >= 15 is 0 Å². The van der Waals surface area contributed by atoms with Gasteiger partial charge in [0.2, 0.25) is 0 Å². The van der Waals surface area contributed by atoms with Gasteiger partial charge in [0.1, 0.15) is 0 Å². The molecule has 3 unspecified atom stereocenters. The lowest BCUT2D eigenvalue weighted by molar-refractivity contribution is 0.0410. The molecule has 1 fully saturated rings. The average molecular weight is 223 g/mol. The van der Waals surface area contributed by atoms with Crippen LogP contribution in [0.3, 0.4) is 0 Å². The fourth-order valence-electron chi connectivity index (χ4n) is 3.64. The Morgan fingerprint density at radius 1 is 1.38 bits per heavy atom. The number of hydrogen-bond donors (Lipinski definition) is 1. The summed E-state index contributed by atoms with van der Waals surface area (Å²) in [7, 11) is 0. The van der Waals surface area contributed by atoms with Crippen molar-refractivity contribution in [3.05, 3.63) is 0 Å². The Kier molecular flexibility index (Phi) is 2.89. The van der Waals surface area contributed by atoms with Gasteiger partial charge in [0, 0.05) is 6.04 Å². The highest BCUT2D eigenvalue weighted by molar-refractivity contribution is 5.81. The molecule has 1 aliphatic heterocycles. The largest absolute Gasteiger partial charge is 0.370 e. The van der Waals surface area contributed by atoms with Crippen molar-refractivity contribution in [1.29, 1.82) is 0 Å². The molecule has 16 heavy (non-hydrogen) atoms. The standard InChI is InChI=1S/C13H25N3/c1-9(2)16-12(14)15-8-13(16)7-10(3)5-6-11(13)4/h9-11H,5-8H2,1-4H3,(H2,14,15). The predicted octanol–water partition coefficient (Wildman–Crippen LogP) is 2.22. The van der Waals surface area contributed by atoms with Gasteiger partial charge in [0.05, 0.1) is 12.1 Å². The van der Waals surface area contributed by atoms with E-state index in [4.69, 9.17) is 5.73 Å². The van der Waals surface area contributed by atoms with Crippen molar-refractivity contribution in [3.8, 4) is 0 Å². The minimum Gasteiger partial charge on any atom is -0.370 e. The number of hydrogen-bond acceptors (Lipinski definition) is 3. The van der Waals surface area contributed by atoms with Crippen LogP contribution in [0, 0.1) is 11.8 Å². The van der Waals surface area contributed by atoms with Crippen molar-refractivity contribution in [1.82, 2.24) is 4.90 Å². The molecule has 0 aromatic rings. The van der Waals surface area contributed by atoms with Crippen molar-refractivity contribution < 1.29 is 0 Å². The van der Waals surface area contributed by atoms with E-state index in [1.807, 2.05) is 0 Å². The zero-order chi connectivity index (χ0) is 11.9. The van der Waals surface area contributed by atoms with Crippen LogP contribution < -0.4 is 5.73 Å². The third-order valence-corrected chi connectivity index (χ3v) is 4.47. The number of nitrogens with zero attached hydrogens (tertiary/aromatic N) is 2. The lowest BCUT2D eigenvalue weighted by Crippen LogP contribution is -2.60. The quantitative estimate of drug-likeness (QED) is 0.740. The summed E-state index contributed by atoms with van der Waals surface area (Å²) in [6.07, 6.45) is 3.92. The summed E-state index contributed by atoms with van der Waals surface area (Å²) in [5.74, 6) is 2.27. The van der Waals surface area contributed by atoms with Gasteiger partial charge in [0.25, 0.3) is 0 Å². The molecule has 0 aromatic carbocycles. The Labute approximate surface area is 99.1 Å². The Balaban J connectivity index is 2.29. The van der Waals surface area contributed by atoms with Gasteiger partial charge in [-0.2, -0.15) is 0 Å². The molecule has 3 heteroatoms.